The van der Waals surface area contributed by atoms with E-state index in [4.69, 9.17) is 11.5 Å². The first-order valence-corrected chi connectivity index (χ1v) is 8.42. The molecule has 128 valence electrons. The van der Waals surface area contributed by atoms with Crippen molar-refractivity contribution in [3.8, 4) is 0 Å². The Morgan fingerprint density at radius 3 is 2.08 bits per heavy atom. The molecule has 0 spiro atoms. The van der Waals surface area contributed by atoms with Crippen LogP contribution >= 0.6 is 0 Å². The third-order valence-electron chi connectivity index (χ3n) is 4.20. The molecule has 0 aliphatic rings. The van der Waals surface area contributed by atoms with Crippen molar-refractivity contribution in [1.82, 2.24) is 4.90 Å². The zero-order chi connectivity index (χ0) is 17.6. The highest BCUT2D eigenvalue weighted by Gasteiger charge is 2.22. The Bertz CT molecular complexity index is 642. The van der Waals surface area contributed by atoms with Crippen molar-refractivity contribution >= 4 is 5.70 Å². The second kappa shape index (κ2) is 8.02. The first-order valence-electron chi connectivity index (χ1n) is 8.42. The third kappa shape index (κ3) is 5.43. The standard InChI is InChI=1S/C21H29N3/c1-21(2,3)20(23)16-24(14-17-10-6-4-7-11-17)15-19(22)18-12-8-5-9-13-18/h4-13,15,20H,14,16,22-23H2,1-3H3/b19-15-. The summed E-state index contributed by atoms with van der Waals surface area (Å²) in [5.41, 5.74) is 15.8. The molecular weight excluding hydrogens is 294 g/mol. The number of nitrogens with zero attached hydrogens (tertiary/aromatic N) is 1. The normalized spacial score (nSPS) is 13.6. The third-order valence-corrected chi connectivity index (χ3v) is 4.20. The second-order valence-electron chi connectivity index (χ2n) is 7.34. The SMILES string of the molecule is CC(C)(C)C(N)CN(/C=C(\N)c1ccccc1)Cc1ccccc1. The van der Waals surface area contributed by atoms with E-state index in [-0.39, 0.29) is 11.5 Å². The molecule has 0 aliphatic carbocycles. The Morgan fingerprint density at radius 2 is 1.54 bits per heavy atom. The monoisotopic (exact) mass is 323 g/mol. The van der Waals surface area contributed by atoms with Gasteiger partial charge in [-0.2, -0.15) is 0 Å². The van der Waals surface area contributed by atoms with Gasteiger partial charge in [-0.1, -0.05) is 81.4 Å². The van der Waals surface area contributed by atoms with Gasteiger partial charge in [0.25, 0.3) is 0 Å². The van der Waals surface area contributed by atoms with E-state index in [1.54, 1.807) is 0 Å². The lowest BCUT2D eigenvalue weighted by atomic mass is 9.87. The van der Waals surface area contributed by atoms with E-state index in [9.17, 15) is 0 Å². The molecule has 0 aromatic heterocycles. The van der Waals surface area contributed by atoms with Gasteiger partial charge < -0.3 is 16.4 Å². The maximum absolute atomic E-state index is 6.41. The first kappa shape index (κ1) is 18.1. The van der Waals surface area contributed by atoms with Crippen molar-refractivity contribution in [2.24, 2.45) is 16.9 Å². The Morgan fingerprint density at radius 1 is 1.00 bits per heavy atom. The minimum absolute atomic E-state index is 0.0459. The summed E-state index contributed by atoms with van der Waals surface area (Å²) < 4.78 is 0. The van der Waals surface area contributed by atoms with Gasteiger partial charge in [0.05, 0.1) is 5.70 Å². The molecule has 0 saturated carbocycles. The van der Waals surface area contributed by atoms with Crippen LogP contribution in [0.1, 0.15) is 31.9 Å². The van der Waals surface area contributed by atoms with Crippen LogP contribution in [0.5, 0.6) is 0 Å². The molecule has 24 heavy (non-hydrogen) atoms. The van der Waals surface area contributed by atoms with Crippen molar-refractivity contribution in [2.75, 3.05) is 6.54 Å². The Hall–Kier alpha value is -2.26. The highest BCUT2D eigenvalue weighted by Crippen LogP contribution is 2.20. The number of hydrogen-bond acceptors (Lipinski definition) is 3. The molecule has 0 heterocycles. The lowest BCUT2D eigenvalue weighted by Crippen LogP contribution is -2.43. The quantitative estimate of drug-likeness (QED) is 0.849. The summed E-state index contributed by atoms with van der Waals surface area (Å²) in [6.45, 7) is 8.05. The molecule has 0 bridgehead atoms. The van der Waals surface area contributed by atoms with Crippen LogP contribution in [0.3, 0.4) is 0 Å². The molecule has 2 aromatic rings. The van der Waals surface area contributed by atoms with Crippen LogP contribution in [-0.4, -0.2) is 17.5 Å². The van der Waals surface area contributed by atoms with Gasteiger partial charge in [-0.3, -0.25) is 0 Å². The number of rotatable bonds is 6. The predicted molar refractivity (Wildman–Crippen MR) is 103 cm³/mol. The van der Waals surface area contributed by atoms with E-state index >= 15 is 0 Å². The van der Waals surface area contributed by atoms with E-state index in [0.29, 0.717) is 0 Å². The van der Waals surface area contributed by atoms with Crippen LogP contribution < -0.4 is 11.5 Å². The fourth-order valence-electron chi connectivity index (χ4n) is 2.41. The molecule has 0 saturated heterocycles. The van der Waals surface area contributed by atoms with Crippen LogP contribution in [0.4, 0.5) is 0 Å². The lowest BCUT2D eigenvalue weighted by Gasteiger charge is -2.32. The zero-order valence-corrected chi connectivity index (χ0v) is 14.9. The van der Waals surface area contributed by atoms with Crippen LogP contribution in [-0.2, 0) is 6.54 Å². The zero-order valence-electron chi connectivity index (χ0n) is 14.9. The highest BCUT2D eigenvalue weighted by atomic mass is 15.1. The summed E-state index contributed by atoms with van der Waals surface area (Å²) in [6.07, 6.45) is 2.02. The summed E-state index contributed by atoms with van der Waals surface area (Å²) in [5, 5.41) is 0. The summed E-state index contributed by atoms with van der Waals surface area (Å²) in [7, 11) is 0. The van der Waals surface area contributed by atoms with Crippen molar-refractivity contribution in [2.45, 2.75) is 33.4 Å². The molecule has 3 heteroatoms. The maximum atomic E-state index is 6.41. The van der Waals surface area contributed by atoms with E-state index < -0.39 is 0 Å². The maximum Gasteiger partial charge on any atom is 0.0549 e. The summed E-state index contributed by atoms with van der Waals surface area (Å²) >= 11 is 0. The largest absolute Gasteiger partial charge is 0.397 e. The number of nitrogens with two attached hydrogens (primary N) is 2. The Kier molecular flexibility index (Phi) is 6.04. The van der Waals surface area contributed by atoms with Gasteiger partial charge in [0.1, 0.15) is 0 Å². The Labute approximate surface area is 146 Å². The van der Waals surface area contributed by atoms with E-state index in [0.717, 1.165) is 24.4 Å². The predicted octanol–water partition coefficient (Wildman–Crippen LogP) is 3.82. The van der Waals surface area contributed by atoms with Crippen molar-refractivity contribution in [3.63, 3.8) is 0 Å². The van der Waals surface area contributed by atoms with Gasteiger partial charge in [-0.05, 0) is 16.5 Å². The van der Waals surface area contributed by atoms with E-state index in [1.807, 2.05) is 42.6 Å². The van der Waals surface area contributed by atoms with Crippen LogP contribution in [0.15, 0.2) is 66.9 Å². The van der Waals surface area contributed by atoms with Crippen LogP contribution in [0.25, 0.3) is 5.70 Å². The molecule has 0 fully saturated rings. The molecule has 1 atom stereocenters. The van der Waals surface area contributed by atoms with E-state index in [1.165, 1.54) is 5.56 Å². The summed E-state index contributed by atoms with van der Waals surface area (Å²) in [4.78, 5) is 2.22. The molecule has 0 amide bonds. The van der Waals surface area contributed by atoms with Crippen molar-refractivity contribution in [1.29, 1.82) is 0 Å². The van der Waals surface area contributed by atoms with Gasteiger partial charge >= 0.3 is 0 Å². The van der Waals surface area contributed by atoms with Crippen LogP contribution in [0.2, 0.25) is 0 Å². The molecule has 2 aromatic carbocycles. The smallest absolute Gasteiger partial charge is 0.0549 e. The second-order valence-corrected chi connectivity index (χ2v) is 7.34. The first-order chi connectivity index (χ1) is 11.4. The fraction of sp³-hybridized carbons (Fsp3) is 0.333. The van der Waals surface area contributed by atoms with Gasteiger partial charge in [0.2, 0.25) is 0 Å². The van der Waals surface area contributed by atoms with Gasteiger partial charge in [0.15, 0.2) is 0 Å². The fourth-order valence-corrected chi connectivity index (χ4v) is 2.41. The average Bonchev–Trinajstić information content (AvgIpc) is 2.55. The molecular formula is C21H29N3. The molecule has 4 N–H and O–H groups in total. The van der Waals surface area contributed by atoms with Gasteiger partial charge in [0, 0.05) is 25.3 Å². The molecule has 3 nitrogen and oxygen atoms in total. The molecule has 1 unspecified atom stereocenters. The lowest BCUT2D eigenvalue weighted by molar-refractivity contribution is 0.240. The number of benzene rings is 2. The Balaban J connectivity index is 2.21. The van der Waals surface area contributed by atoms with Crippen molar-refractivity contribution in [3.05, 3.63) is 78.0 Å². The summed E-state index contributed by atoms with van der Waals surface area (Å²) in [5.74, 6) is 0. The minimum Gasteiger partial charge on any atom is -0.397 e. The van der Waals surface area contributed by atoms with Crippen LogP contribution in [0, 0.1) is 5.41 Å². The van der Waals surface area contributed by atoms with Gasteiger partial charge in [-0.25, -0.2) is 0 Å². The van der Waals surface area contributed by atoms with Gasteiger partial charge in [-0.15, -0.1) is 0 Å². The highest BCUT2D eigenvalue weighted by molar-refractivity contribution is 5.61. The van der Waals surface area contributed by atoms with Crippen molar-refractivity contribution < 1.29 is 0 Å². The minimum atomic E-state index is 0.0459. The molecule has 0 aliphatic heterocycles. The molecule has 2 rings (SSSR count). The summed E-state index contributed by atoms with van der Waals surface area (Å²) in [6, 6.07) is 20.5. The van der Waals surface area contributed by atoms with E-state index in [2.05, 4.69) is 49.9 Å². The molecule has 0 radical (unpaired) electrons. The average molecular weight is 323 g/mol. The number of hydrogen-bond donors (Lipinski definition) is 2. The topological polar surface area (TPSA) is 55.3 Å².